The molecule has 146 valence electrons. The van der Waals surface area contributed by atoms with E-state index in [4.69, 9.17) is 14.7 Å². The van der Waals surface area contributed by atoms with Gasteiger partial charge in [-0.25, -0.2) is 14.8 Å². The number of esters is 1. The van der Waals surface area contributed by atoms with Gasteiger partial charge in [-0.1, -0.05) is 42.5 Å². The second-order valence-electron chi connectivity index (χ2n) is 6.70. The Morgan fingerprint density at radius 2 is 1.83 bits per heavy atom. The summed E-state index contributed by atoms with van der Waals surface area (Å²) < 4.78 is 4.76. The van der Waals surface area contributed by atoms with Gasteiger partial charge in [-0.05, 0) is 37.1 Å². The second kappa shape index (κ2) is 8.41. The summed E-state index contributed by atoms with van der Waals surface area (Å²) in [5, 5.41) is 4.52. The number of anilines is 1. The van der Waals surface area contributed by atoms with Gasteiger partial charge < -0.3 is 10.1 Å². The minimum atomic E-state index is -0.356. The zero-order valence-electron chi connectivity index (χ0n) is 16.3. The largest absolute Gasteiger partial charge is 0.465 e. The van der Waals surface area contributed by atoms with Crippen LogP contribution >= 0.6 is 11.3 Å². The van der Waals surface area contributed by atoms with Gasteiger partial charge in [0.2, 0.25) is 0 Å². The Bertz CT molecular complexity index is 1140. The average molecular weight is 404 g/mol. The lowest BCUT2D eigenvalue weighted by Crippen LogP contribution is -2.07. The van der Waals surface area contributed by atoms with Gasteiger partial charge in [-0.15, -0.1) is 11.3 Å². The lowest BCUT2D eigenvalue weighted by Gasteiger charge is -2.09. The van der Waals surface area contributed by atoms with Crippen molar-refractivity contribution in [2.45, 2.75) is 13.3 Å². The van der Waals surface area contributed by atoms with Gasteiger partial charge in [0.05, 0.1) is 18.1 Å². The van der Waals surface area contributed by atoms with Crippen molar-refractivity contribution < 1.29 is 9.53 Å². The number of ether oxygens (including phenoxy) is 1. The molecule has 2 aromatic carbocycles. The first-order valence-electron chi connectivity index (χ1n) is 9.39. The van der Waals surface area contributed by atoms with Crippen LogP contribution < -0.4 is 5.32 Å². The number of methoxy groups -OCH3 is 1. The molecule has 0 saturated carbocycles. The lowest BCUT2D eigenvalue weighted by atomic mass is 10.1. The molecular formula is C23H21N3O2S. The highest BCUT2D eigenvalue weighted by Gasteiger charge is 2.13. The standard InChI is InChI=1S/C23H21N3O2S/c1-15-14-19-21(24-13-12-16-6-4-3-5-7-16)25-20(26-22(19)29-15)17-8-10-18(11-9-17)23(27)28-2/h3-11,14H,12-13H2,1-2H3,(H,24,25,26). The highest BCUT2D eigenvalue weighted by atomic mass is 32.1. The van der Waals surface area contributed by atoms with E-state index in [1.54, 1.807) is 23.5 Å². The molecule has 5 nitrogen and oxygen atoms in total. The van der Waals surface area contributed by atoms with E-state index in [0.29, 0.717) is 11.4 Å². The third-order valence-electron chi connectivity index (χ3n) is 4.63. The predicted molar refractivity (Wildman–Crippen MR) is 118 cm³/mol. The maximum atomic E-state index is 11.7. The smallest absolute Gasteiger partial charge is 0.337 e. The Morgan fingerprint density at radius 3 is 2.55 bits per heavy atom. The van der Waals surface area contributed by atoms with E-state index in [-0.39, 0.29) is 5.97 Å². The molecule has 0 aliphatic rings. The molecule has 2 heterocycles. The van der Waals surface area contributed by atoms with Crippen LogP contribution in [-0.4, -0.2) is 29.6 Å². The van der Waals surface area contributed by atoms with Crippen molar-refractivity contribution in [2.24, 2.45) is 0 Å². The van der Waals surface area contributed by atoms with Crippen molar-refractivity contribution in [3.05, 3.63) is 76.7 Å². The van der Waals surface area contributed by atoms with E-state index in [1.165, 1.54) is 17.6 Å². The summed E-state index contributed by atoms with van der Waals surface area (Å²) in [4.78, 5) is 23.3. The average Bonchev–Trinajstić information content (AvgIpc) is 3.14. The van der Waals surface area contributed by atoms with E-state index >= 15 is 0 Å². The van der Waals surface area contributed by atoms with Crippen molar-refractivity contribution in [3.63, 3.8) is 0 Å². The fourth-order valence-electron chi connectivity index (χ4n) is 3.15. The molecule has 4 aromatic rings. The SMILES string of the molecule is COC(=O)c1ccc(-c2nc(NCCc3ccccc3)c3cc(C)sc3n2)cc1. The van der Waals surface area contributed by atoms with Crippen LogP contribution in [0.2, 0.25) is 0 Å². The number of carbonyl (C=O) groups excluding carboxylic acids is 1. The first-order chi connectivity index (χ1) is 14.1. The first-order valence-corrected chi connectivity index (χ1v) is 10.2. The van der Waals surface area contributed by atoms with Gasteiger partial charge in [0.15, 0.2) is 5.82 Å². The van der Waals surface area contributed by atoms with E-state index in [9.17, 15) is 4.79 Å². The number of rotatable bonds is 6. The third kappa shape index (κ3) is 4.27. The number of carbonyl (C=O) groups is 1. The number of aromatic nitrogens is 2. The lowest BCUT2D eigenvalue weighted by molar-refractivity contribution is 0.0601. The predicted octanol–water partition coefficient (Wildman–Crippen LogP) is 5.11. The highest BCUT2D eigenvalue weighted by Crippen LogP contribution is 2.31. The van der Waals surface area contributed by atoms with Crippen molar-refractivity contribution >= 4 is 33.3 Å². The highest BCUT2D eigenvalue weighted by molar-refractivity contribution is 7.18. The van der Waals surface area contributed by atoms with Crippen LogP contribution in [0.25, 0.3) is 21.6 Å². The number of benzene rings is 2. The first kappa shape index (κ1) is 19.1. The number of hydrogen-bond donors (Lipinski definition) is 1. The van der Waals surface area contributed by atoms with Gasteiger partial charge in [-0.3, -0.25) is 0 Å². The van der Waals surface area contributed by atoms with Crippen LogP contribution in [0.4, 0.5) is 5.82 Å². The molecule has 0 spiro atoms. The molecule has 1 N–H and O–H groups in total. The Morgan fingerprint density at radius 1 is 1.07 bits per heavy atom. The number of thiophene rings is 1. The summed E-state index contributed by atoms with van der Waals surface area (Å²) in [7, 11) is 1.37. The van der Waals surface area contributed by atoms with Gasteiger partial charge >= 0.3 is 5.97 Å². The molecule has 2 aromatic heterocycles. The minimum absolute atomic E-state index is 0.356. The van der Waals surface area contributed by atoms with Crippen LogP contribution in [0.3, 0.4) is 0 Å². The summed E-state index contributed by atoms with van der Waals surface area (Å²) in [5.74, 6) is 1.12. The van der Waals surface area contributed by atoms with Gasteiger partial charge in [0.25, 0.3) is 0 Å². The normalized spacial score (nSPS) is 10.8. The number of hydrogen-bond acceptors (Lipinski definition) is 6. The number of nitrogens with one attached hydrogen (secondary N) is 1. The van der Waals surface area contributed by atoms with Crippen LogP contribution in [0.1, 0.15) is 20.8 Å². The van der Waals surface area contributed by atoms with Crippen molar-refractivity contribution in [3.8, 4) is 11.4 Å². The van der Waals surface area contributed by atoms with Crippen LogP contribution in [0, 0.1) is 6.92 Å². The molecule has 0 amide bonds. The molecule has 0 aliphatic heterocycles. The Kier molecular flexibility index (Phi) is 5.53. The molecular weight excluding hydrogens is 382 g/mol. The fraction of sp³-hybridized carbons (Fsp3) is 0.174. The molecule has 0 bridgehead atoms. The molecule has 4 rings (SSSR count). The maximum Gasteiger partial charge on any atom is 0.337 e. The summed E-state index contributed by atoms with van der Waals surface area (Å²) in [6.07, 6.45) is 0.915. The maximum absolute atomic E-state index is 11.7. The van der Waals surface area contributed by atoms with Crippen LogP contribution in [-0.2, 0) is 11.2 Å². The van der Waals surface area contributed by atoms with Gasteiger partial charge in [0.1, 0.15) is 10.6 Å². The molecule has 0 fully saturated rings. The topological polar surface area (TPSA) is 64.1 Å². The summed E-state index contributed by atoms with van der Waals surface area (Å²) in [6.45, 7) is 2.86. The Hall–Kier alpha value is -3.25. The Labute approximate surface area is 173 Å². The van der Waals surface area contributed by atoms with Crippen molar-refractivity contribution in [1.82, 2.24) is 9.97 Å². The number of fused-ring (bicyclic) bond motifs is 1. The minimum Gasteiger partial charge on any atom is -0.465 e. The van der Waals surface area contributed by atoms with Gasteiger partial charge in [-0.2, -0.15) is 0 Å². The summed E-state index contributed by atoms with van der Waals surface area (Å²) in [5.41, 5.74) is 2.65. The molecule has 0 saturated heterocycles. The van der Waals surface area contributed by atoms with Crippen LogP contribution in [0.15, 0.2) is 60.7 Å². The van der Waals surface area contributed by atoms with Gasteiger partial charge in [0, 0.05) is 17.0 Å². The summed E-state index contributed by atoms with van der Waals surface area (Å²) in [6, 6.07) is 19.7. The molecule has 29 heavy (non-hydrogen) atoms. The number of aryl methyl sites for hydroxylation is 1. The van der Waals surface area contributed by atoms with Crippen molar-refractivity contribution in [1.29, 1.82) is 0 Å². The molecule has 0 radical (unpaired) electrons. The fourth-order valence-corrected chi connectivity index (χ4v) is 4.03. The number of nitrogens with zero attached hydrogens (tertiary/aromatic N) is 2. The zero-order chi connectivity index (χ0) is 20.2. The molecule has 0 aliphatic carbocycles. The molecule has 6 heteroatoms. The quantitative estimate of drug-likeness (QED) is 0.453. The third-order valence-corrected chi connectivity index (χ3v) is 5.57. The summed E-state index contributed by atoms with van der Waals surface area (Å²) >= 11 is 1.65. The van der Waals surface area contributed by atoms with E-state index in [0.717, 1.165) is 34.6 Å². The zero-order valence-corrected chi connectivity index (χ0v) is 17.1. The van der Waals surface area contributed by atoms with Crippen LogP contribution in [0.5, 0.6) is 0 Å². The van der Waals surface area contributed by atoms with Crippen molar-refractivity contribution in [2.75, 3.05) is 19.0 Å². The van der Waals surface area contributed by atoms with E-state index in [2.05, 4.69) is 42.6 Å². The monoisotopic (exact) mass is 403 g/mol. The van der Waals surface area contributed by atoms with E-state index < -0.39 is 0 Å². The molecule has 0 atom stereocenters. The van der Waals surface area contributed by atoms with E-state index in [1.807, 2.05) is 18.2 Å². The second-order valence-corrected chi connectivity index (χ2v) is 7.94. The Balaban J connectivity index is 1.62. The molecule has 0 unspecified atom stereocenters.